The molecule has 120 valence electrons. The van der Waals surface area contributed by atoms with Crippen LogP contribution >= 0.6 is 0 Å². The maximum Gasteiger partial charge on any atom is 0.254 e. The molecule has 2 unspecified atom stereocenters. The van der Waals surface area contributed by atoms with Crippen molar-refractivity contribution in [3.05, 3.63) is 48.3 Å². The molecule has 1 aromatic carbocycles. The number of hydrogen-bond acceptors (Lipinski definition) is 4. The third-order valence-electron chi connectivity index (χ3n) is 4.00. The van der Waals surface area contributed by atoms with Crippen LogP contribution in [0.4, 0.5) is 5.69 Å². The lowest BCUT2D eigenvalue weighted by Gasteiger charge is -2.35. The molecule has 1 aliphatic rings. The van der Waals surface area contributed by atoms with Crippen LogP contribution in [0.15, 0.2) is 42.7 Å². The molecule has 23 heavy (non-hydrogen) atoms. The SMILES string of the molecule is CC1CN(C(=O)c2ccc(-c3cnccc3N)cc2)CC(C)O1. The van der Waals surface area contributed by atoms with Crippen molar-refractivity contribution in [3.8, 4) is 11.1 Å². The topological polar surface area (TPSA) is 68.5 Å². The number of nitrogens with zero attached hydrogens (tertiary/aromatic N) is 2. The van der Waals surface area contributed by atoms with Gasteiger partial charge in [-0.3, -0.25) is 9.78 Å². The zero-order chi connectivity index (χ0) is 16.4. The van der Waals surface area contributed by atoms with Crippen molar-refractivity contribution < 1.29 is 9.53 Å². The second-order valence-electron chi connectivity index (χ2n) is 6.01. The molecule has 5 nitrogen and oxygen atoms in total. The third-order valence-corrected chi connectivity index (χ3v) is 4.00. The molecule has 2 atom stereocenters. The number of ether oxygens (including phenoxy) is 1. The molecule has 0 radical (unpaired) electrons. The first kappa shape index (κ1) is 15.5. The Hall–Kier alpha value is -2.40. The van der Waals surface area contributed by atoms with E-state index in [0.717, 1.165) is 11.1 Å². The summed E-state index contributed by atoms with van der Waals surface area (Å²) >= 11 is 0. The molecule has 1 aromatic heterocycles. The molecule has 1 fully saturated rings. The highest BCUT2D eigenvalue weighted by Crippen LogP contribution is 2.25. The largest absolute Gasteiger partial charge is 0.398 e. The maximum atomic E-state index is 12.6. The van der Waals surface area contributed by atoms with Gasteiger partial charge in [0.05, 0.1) is 12.2 Å². The summed E-state index contributed by atoms with van der Waals surface area (Å²) in [5.41, 5.74) is 9.15. The summed E-state index contributed by atoms with van der Waals surface area (Å²) in [7, 11) is 0. The van der Waals surface area contributed by atoms with Gasteiger partial charge in [0, 0.05) is 42.3 Å². The fraction of sp³-hybridized carbons (Fsp3) is 0.333. The van der Waals surface area contributed by atoms with Gasteiger partial charge in [0.25, 0.3) is 5.91 Å². The number of benzene rings is 1. The molecule has 1 saturated heterocycles. The van der Waals surface area contributed by atoms with Gasteiger partial charge in [0.15, 0.2) is 0 Å². The van der Waals surface area contributed by atoms with Crippen molar-refractivity contribution in [2.75, 3.05) is 18.8 Å². The first-order valence-electron chi connectivity index (χ1n) is 7.79. The molecule has 5 heteroatoms. The van der Waals surface area contributed by atoms with Gasteiger partial charge in [-0.25, -0.2) is 0 Å². The van der Waals surface area contributed by atoms with E-state index in [1.54, 1.807) is 18.5 Å². The lowest BCUT2D eigenvalue weighted by molar-refractivity contribution is -0.0586. The molecule has 0 spiro atoms. The maximum absolute atomic E-state index is 12.6. The van der Waals surface area contributed by atoms with Crippen molar-refractivity contribution in [2.45, 2.75) is 26.1 Å². The number of morpholine rings is 1. The van der Waals surface area contributed by atoms with Crippen molar-refractivity contribution >= 4 is 11.6 Å². The van der Waals surface area contributed by atoms with Crippen LogP contribution in [0.2, 0.25) is 0 Å². The standard InChI is InChI=1S/C18H21N3O2/c1-12-10-21(11-13(2)23-12)18(22)15-5-3-14(4-6-15)16-9-20-8-7-17(16)19/h3-9,12-13H,10-11H2,1-2H3,(H2,19,20). The summed E-state index contributed by atoms with van der Waals surface area (Å²) in [5.74, 6) is 0.0395. The van der Waals surface area contributed by atoms with E-state index in [9.17, 15) is 4.79 Å². The van der Waals surface area contributed by atoms with Crippen molar-refractivity contribution in [1.29, 1.82) is 0 Å². The zero-order valence-corrected chi connectivity index (χ0v) is 13.4. The number of aromatic nitrogens is 1. The van der Waals surface area contributed by atoms with E-state index in [4.69, 9.17) is 10.5 Å². The lowest BCUT2D eigenvalue weighted by Crippen LogP contribution is -2.48. The zero-order valence-electron chi connectivity index (χ0n) is 13.4. The number of hydrogen-bond donors (Lipinski definition) is 1. The number of rotatable bonds is 2. The van der Waals surface area contributed by atoms with Crippen molar-refractivity contribution in [2.24, 2.45) is 0 Å². The lowest BCUT2D eigenvalue weighted by atomic mass is 10.0. The van der Waals surface area contributed by atoms with E-state index in [1.165, 1.54) is 0 Å². The molecular formula is C18H21N3O2. The molecule has 1 aliphatic heterocycles. The highest BCUT2D eigenvalue weighted by molar-refractivity contribution is 5.95. The Kier molecular flexibility index (Phi) is 4.30. The van der Waals surface area contributed by atoms with Gasteiger partial charge in [0.2, 0.25) is 0 Å². The van der Waals surface area contributed by atoms with E-state index >= 15 is 0 Å². The quantitative estimate of drug-likeness (QED) is 0.925. The Bertz CT molecular complexity index is 690. The number of carbonyl (C=O) groups excluding carboxylic acids is 1. The predicted molar refractivity (Wildman–Crippen MR) is 90.0 cm³/mol. The van der Waals surface area contributed by atoms with E-state index in [2.05, 4.69) is 4.98 Å². The minimum absolute atomic E-state index is 0.0395. The monoisotopic (exact) mass is 311 g/mol. The number of anilines is 1. The average molecular weight is 311 g/mol. The number of amides is 1. The highest BCUT2D eigenvalue weighted by Gasteiger charge is 2.26. The van der Waals surface area contributed by atoms with Gasteiger partial charge in [-0.1, -0.05) is 12.1 Å². The molecule has 0 aliphatic carbocycles. The normalized spacial score (nSPS) is 21.2. The molecule has 3 rings (SSSR count). The van der Waals surface area contributed by atoms with Gasteiger partial charge >= 0.3 is 0 Å². The van der Waals surface area contributed by atoms with Crippen LogP contribution in [0.5, 0.6) is 0 Å². The average Bonchev–Trinajstić information content (AvgIpc) is 2.54. The van der Waals surface area contributed by atoms with Crippen molar-refractivity contribution in [3.63, 3.8) is 0 Å². The molecule has 2 aromatic rings. The second kappa shape index (κ2) is 6.38. The van der Waals surface area contributed by atoms with Gasteiger partial charge in [0.1, 0.15) is 0 Å². The van der Waals surface area contributed by atoms with E-state index in [0.29, 0.717) is 24.3 Å². The summed E-state index contributed by atoms with van der Waals surface area (Å²) in [6.07, 6.45) is 3.53. The molecule has 1 amide bonds. The summed E-state index contributed by atoms with van der Waals surface area (Å²) < 4.78 is 5.68. The van der Waals surface area contributed by atoms with Crippen molar-refractivity contribution in [1.82, 2.24) is 9.88 Å². The molecule has 0 saturated carbocycles. The smallest absolute Gasteiger partial charge is 0.254 e. The van der Waals surface area contributed by atoms with Crippen LogP contribution < -0.4 is 5.73 Å². The first-order valence-corrected chi connectivity index (χ1v) is 7.79. The molecular weight excluding hydrogens is 290 g/mol. The Balaban J connectivity index is 1.79. The number of nitrogen functional groups attached to an aromatic ring is 1. The Morgan fingerprint density at radius 1 is 1.17 bits per heavy atom. The second-order valence-corrected chi connectivity index (χ2v) is 6.01. The molecule has 2 N–H and O–H groups in total. The number of nitrogens with two attached hydrogens (primary N) is 1. The van der Waals surface area contributed by atoms with E-state index in [-0.39, 0.29) is 18.1 Å². The minimum atomic E-state index is 0.0395. The number of carbonyl (C=O) groups is 1. The fourth-order valence-corrected chi connectivity index (χ4v) is 2.97. The van der Waals surface area contributed by atoms with Crippen LogP contribution in [-0.2, 0) is 4.74 Å². The van der Waals surface area contributed by atoms with Crippen LogP contribution in [0.3, 0.4) is 0 Å². The third kappa shape index (κ3) is 3.35. The summed E-state index contributed by atoms with van der Waals surface area (Å²) in [5, 5.41) is 0. The summed E-state index contributed by atoms with van der Waals surface area (Å²) in [6.45, 7) is 5.23. The fourth-order valence-electron chi connectivity index (χ4n) is 2.97. The predicted octanol–water partition coefficient (Wildman–Crippen LogP) is 2.58. The van der Waals surface area contributed by atoms with Gasteiger partial charge in [-0.2, -0.15) is 0 Å². The minimum Gasteiger partial charge on any atom is -0.398 e. The van der Waals surface area contributed by atoms with Crippen LogP contribution in [0.25, 0.3) is 11.1 Å². The summed E-state index contributed by atoms with van der Waals surface area (Å²) in [6, 6.07) is 9.27. The van der Waals surface area contributed by atoms with Gasteiger partial charge < -0.3 is 15.4 Å². The van der Waals surface area contributed by atoms with E-state index in [1.807, 2.05) is 43.0 Å². The Morgan fingerprint density at radius 3 is 2.43 bits per heavy atom. The van der Waals surface area contributed by atoms with E-state index < -0.39 is 0 Å². The Morgan fingerprint density at radius 2 is 1.83 bits per heavy atom. The van der Waals surface area contributed by atoms with Crippen LogP contribution in [0.1, 0.15) is 24.2 Å². The van der Waals surface area contributed by atoms with Gasteiger partial charge in [-0.15, -0.1) is 0 Å². The number of pyridine rings is 1. The van der Waals surface area contributed by atoms with Crippen LogP contribution in [0, 0.1) is 0 Å². The molecule has 0 bridgehead atoms. The highest BCUT2D eigenvalue weighted by atomic mass is 16.5. The first-order chi connectivity index (χ1) is 11.0. The summed E-state index contributed by atoms with van der Waals surface area (Å²) in [4.78, 5) is 18.6. The molecule has 2 heterocycles. The van der Waals surface area contributed by atoms with Gasteiger partial charge in [-0.05, 0) is 37.6 Å². The Labute approximate surface area is 136 Å². The van der Waals surface area contributed by atoms with Crippen LogP contribution in [-0.4, -0.2) is 41.1 Å².